The third kappa shape index (κ3) is 5.01. The van der Waals surface area contributed by atoms with E-state index in [1.807, 2.05) is 73.7 Å². The number of ketones is 1. The van der Waals surface area contributed by atoms with Crippen LogP contribution >= 0.6 is 0 Å². The predicted octanol–water partition coefficient (Wildman–Crippen LogP) is 5.61. The second-order valence-corrected chi connectivity index (χ2v) is 7.43. The van der Waals surface area contributed by atoms with Gasteiger partial charge >= 0.3 is 0 Å². The molecule has 31 heavy (non-hydrogen) atoms. The number of hydrogen-bond acceptors (Lipinski definition) is 4. The molecule has 5 heteroatoms. The van der Waals surface area contributed by atoms with Crippen LogP contribution < -0.4 is 10.6 Å². The number of para-hydroxylation sites is 1. The molecule has 1 heterocycles. The number of fused-ring (bicyclic) bond motifs is 1. The van der Waals surface area contributed by atoms with Gasteiger partial charge in [-0.3, -0.25) is 9.59 Å². The lowest BCUT2D eigenvalue weighted by Crippen LogP contribution is -2.26. The van der Waals surface area contributed by atoms with Gasteiger partial charge in [-0.25, -0.2) is 0 Å². The van der Waals surface area contributed by atoms with Gasteiger partial charge in [0.25, 0.3) is 5.91 Å². The Kier molecular flexibility index (Phi) is 6.13. The van der Waals surface area contributed by atoms with Crippen LogP contribution in [-0.4, -0.2) is 18.2 Å². The van der Waals surface area contributed by atoms with E-state index in [1.54, 1.807) is 18.2 Å². The van der Waals surface area contributed by atoms with E-state index in [0.29, 0.717) is 29.9 Å². The second-order valence-electron chi connectivity index (χ2n) is 7.43. The van der Waals surface area contributed by atoms with E-state index in [9.17, 15) is 9.59 Å². The maximum absolute atomic E-state index is 12.5. The summed E-state index contributed by atoms with van der Waals surface area (Å²) in [6, 6.07) is 26.4. The molecule has 0 fully saturated rings. The van der Waals surface area contributed by atoms with Crippen LogP contribution in [0.3, 0.4) is 0 Å². The summed E-state index contributed by atoms with van der Waals surface area (Å²) >= 11 is 0. The largest absolute Gasteiger partial charge is 0.453 e. The van der Waals surface area contributed by atoms with Gasteiger partial charge in [-0.15, -0.1) is 0 Å². The Morgan fingerprint density at radius 1 is 0.903 bits per heavy atom. The topological polar surface area (TPSA) is 71.3 Å². The molecule has 1 amide bonds. The Morgan fingerprint density at radius 2 is 1.61 bits per heavy atom. The summed E-state index contributed by atoms with van der Waals surface area (Å²) in [4.78, 5) is 24.9. The van der Waals surface area contributed by atoms with Crippen molar-refractivity contribution in [2.45, 2.75) is 19.4 Å². The number of hydrogen-bond donors (Lipinski definition) is 2. The van der Waals surface area contributed by atoms with Gasteiger partial charge in [-0.05, 0) is 48.9 Å². The summed E-state index contributed by atoms with van der Waals surface area (Å²) in [6.07, 6.45) is 0.316. The predicted molar refractivity (Wildman–Crippen MR) is 122 cm³/mol. The van der Waals surface area contributed by atoms with E-state index in [0.717, 1.165) is 16.6 Å². The summed E-state index contributed by atoms with van der Waals surface area (Å²) in [5.41, 5.74) is 3.22. The highest BCUT2D eigenvalue weighted by molar-refractivity contribution is 5.98. The summed E-state index contributed by atoms with van der Waals surface area (Å²) in [6.45, 7) is 2.44. The van der Waals surface area contributed by atoms with Crippen LogP contribution in [0.5, 0.6) is 0 Å². The number of rotatable bonds is 8. The highest BCUT2D eigenvalue weighted by Crippen LogP contribution is 2.20. The zero-order valence-electron chi connectivity index (χ0n) is 17.3. The molecule has 0 radical (unpaired) electrons. The SMILES string of the molecule is C[C@H](NC(=O)c1ccc(NCCC(=O)c2cc3ccccc3o2)cc1)c1ccccc1. The monoisotopic (exact) mass is 412 g/mol. The van der Waals surface area contributed by atoms with Crippen LogP contribution in [0.15, 0.2) is 89.3 Å². The number of carbonyl (C=O) groups excluding carboxylic acids is 2. The normalized spacial score (nSPS) is 11.8. The molecule has 4 rings (SSSR count). The van der Waals surface area contributed by atoms with Crippen LogP contribution in [0.4, 0.5) is 5.69 Å². The number of Topliss-reactive ketones (excluding diaryl/α,β-unsaturated/α-hetero) is 1. The highest BCUT2D eigenvalue weighted by atomic mass is 16.3. The Balaban J connectivity index is 1.28. The van der Waals surface area contributed by atoms with Crippen LogP contribution in [0, 0.1) is 0 Å². The molecule has 4 aromatic rings. The first kappa shape index (κ1) is 20.4. The van der Waals surface area contributed by atoms with Gasteiger partial charge < -0.3 is 15.1 Å². The number of nitrogens with one attached hydrogen (secondary N) is 2. The quantitative estimate of drug-likeness (QED) is 0.369. The maximum Gasteiger partial charge on any atom is 0.251 e. The summed E-state index contributed by atoms with van der Waals surface area (Å²) in [7, 11) is 0. The zero-order chi connectivity index (χ0) is 21.6. The number of anilines is 1. The number of furan rings is 1. The lowest BCUT2D eigenvalue weighted by atomic mass is 10.1. The minimum atomic E-state index is -0.122. The van der Waals surface area contributed by atoms with Gasteiger partial charge in [0.15, 0.2) is 11.5 Å². The molecule has 0 aliphatic carbocycles. The first-order chi connectivity index (χ1) is 15.1. The lowest BCUT2D eigenvalue weighted by Gasteiger charge is -2.14. The molecule has 2 N–H and O–H groups in total. The van der Waals surface area contributed by atoms with Crippen molar-refractivity contribution in [2.24, 2.45) is 0 Å². The van der Waals surface area contributed by atoms with Crippen molar-refractivity contribution < 1.29 is 14.0 Å². The Hall–Kier alpha value is -3.86. The first-order valence-electron chi connectivity index (χ1n) is 10.3. The van der Waals surface area contributed by atoms with Gasteiger partial charge in [-0.1, -0.05) is 48.5 Å². The van der Waals surface area contributed by atoms with E-state index in [1.165, 1.54) is 0 Å². The number of amides is 1. The molecular weight excluding hydrogens is 388 g/mol. The third-order valence-electron chi connectivity index (χ3n) is 5.18. The van der Waals surface area contributed by atoms with Crippen LogP contribution in [-0.2, 0) is 0 Å². The fourth-order valence-corrected chi connectivity index (χ4v) is 3.41. The molecule has 0 bridgehead atoms. The zero-order valence-corrected chi connectivity index (χ0v) is 17.3. The molecule has 3 aromatic carbocycles. The van der Waals surface area contributed by atoms with E-state index in [4.69, 9.17) is 4.42 Å². The average Bonchev–Trinajstić information content (AvgIpc) is 3.24. The van der Waals surface area contributed by atoms with Gasteiger partial charge in [0, 0.05) is 29.6 Å². The van der Waals surface area contributed by atoms with Crippen molar-refractivity contribution in [3.05, 3.63) is 102 Å². The summed E-state index contributed by atoms with van der Waals surface area (Å²) in [5, 5.41) is 7.15. The Labute approximate surface area is 181 Å². The molecule has 156 valence electrons. The van der Waals surface area contributed by atoms with Gasteiger partial charge in [-0.2, -0.15) is 0 Å². The summed E-state index contributed by atoms with van der Waals surface area (Å²) in [5.74, 6) is 0.208. The molecule has 0 aliphatic heterocycles. The van der Waals surface area contributed by atoms with E-state index in [2.05, 4.69) is 10.6 Å². The first-order valence-corrected chi connectivity index (χ1v) is 10.3. The fourth-order valence-electron chi connectivity index (χ4n) is 3.41. The Morgan fingerprint density at radius 3 is 2.35 bits per heavy atom. The average molecular weight is 412 g/mol. The fraction of sp³-hybridized carbons (Fsp3) is 0.154. The maximum atomic E-state index is 12.5. The van der Waals surface area contributed by atoms with Crippen LogP contribution in [0.1, 0.15) is 45.9 Å². The molecule has 0 aliphatic rings. The lowest BCUT2D eigenvalue weighted by molar-refractivity contribution is 0.0937. The molecule has 1 aromatic heterocycles. The smallest absolute Gasteiger partial charge is 0.251 e. The molecule has 0 unspecified atom stereocenters. The van der Waals surface area contributed by atoms with Crippen molar-refractivity contribution >= 4 is 28.3 Å². The van der Waals surface area contributed by atoms with Gasteiger partial charge in [0.2, 0.25) is 0 Å². The Bertz CT molecular complexity index is 1150. The molecule has 0 spiro atoms. The molecular formula is C26H24N2O3. The van der Waals surface area contributed by atoms with Crippen molar-refractivity contribution in [2.75, 3.05) is 11.9 Å². The second kappa shape index (κ2) is 9.30. The number of carbonyl (C=O) groups is 2. The van der Waals surface area contributed by atoms with Crippen molar-refractivity contribution in [1.29, 1.82) is 0 Å². The molecule has 5 nitrogen and oxygen atoms in total. The van der Waals surface area contributed by atoms with Crippen molar-refractivity contribution in [1.82, 2.24) is 5.32 Å². The summed E-state index contributed by atoms with van der Waals surface area (Å²) < 4.78 is 5.62. The van der Waals surface area contributed by atoms with Gasteiger partial charge in [0.05, 0.1) is 6.04 Å². The third-order valence-corrected chi connectivity index (χ3v) is 5.18. The van der Waals surface area contributed by atoms with E-state index < -0.39 is 0 Å². The van der Waals surface area contributed by atoms with Gasteiger partial charge in [0.1, 0.15) is 5.58 Å². The highest BCUT2D eigenvalue weighted by Gasteiger charge is 2.13. The standard InChI is InChI=1S/C26H24N2O3/c1-18(19-7-3-2-4-8-19)28-26(30)20-11-13-22(14-12-20)27-16-15-23(29)25-17-21-9-5-6-10-24(21)31-25/h2-14,17-18,27H,15-16H2,1H3,(H,28,30)/t18-/m0/s1. The van der Waals surface area contributed by atoms with Crippen molar-refractivity contribution in [3.8, 4) is 0 Å². The number of benzene rings is 3. The molecule has 1 atom stereocenters. The van der Waals surface area contributed by atoms with Crippen molar-refractivity contribution in [3.63, 3.8) is 0 Å². The van der Waals surface area contributed by atoms with Crippen LogP contribution in [0.25, 0.3) is 11.0 Å². The molecule has 0 saturated carbocycles. The minimum absolute atomic E-state index is 0.0467. The van der Waals surface area contributed by atoms with E-state index >= 15 is 0 Å². The van der Waals surface area contributed by atoms with E-state index in [-0.39, 0.29) is 17.7 Å². The minimum Gasteiger partial charge on any atom is -0.453 e. The van der Waals surface area contributed by atoms with Crippen LogP contribution in [0.2, 0.25) is 0 Å². The molecule has 0 saturated heterocycles.